The maximum Gasteiger partial charge on any atom is 0.317 e. The number of aryl methyl sites for hydroxylation is 3. The summed E-state index contributed by atoms with van der Waals surface area (Å²) in [6, 6.07) is -0.0880. The first kappa shape index (κ1) is 15.5. The van der Waals surface area contributed by atoms with Crippen molar-refractivity contribution in [3.05, 3.63) is 28.7 Å². The Balaban J connectivity index is 1.59. The third-order valence-electron chi connectivity index (χ3n) is 4.21. The van der Waals surface area contributed by atoms with Crippen molar-refractivity contribution in [3.63, 3.8) is 0 Å². The van der Waals surface area contributed by atoms with Crippen molar-refractivity contribution in [3.8, 4) is 0 Å². The maximum atomic E-state index is 12.4. The highest BCUT2D eigenvalue weighted by molar-refractivity contribution is 5.74. The van der Waals surface area contributed by atoms with Crippen molar-refractivity contribution in [2.75, 3.05) is 13.1 Å². The van der Waals surface area contributed by atoms with E-state index in [4.69, 9.17) is 9.05 Å². The van der Waals surface area contributed by atoms with Crippen molar-refractivity contribution < 1.29 is 13.8 Å². The molecular weight excluding hydrogens is 298 g/mol. The third-order valence-corrected chi connectivity index (χ3v) is 4.21. The molecule has 3 rings (SSSR count). The summed E-state index contributed by atoms with van der Waals surface area (Å²) < 4.78 is 10.1. The predicted octanol–water partition coefficient (Wildman–Crippen LogP) is 2.07. The number of rotatable bonds is 3. The van der Waals surface area contributed by atoms with Gasteiger partial charge in [0.05, 0.1) is 5.69 Å². The Morgan fingerprint density at radius 2 is 2.13 bits per heavy atom. The van der Waals surface area contributed by atoms with Crippen LogP contribution in [0.5, 0.6) is 0 Å². The van der Waals surface area contributed by atoms with E-state index in [2.05, 4.69) is 20.6 Å². The molecule has 2 amide bonds. The first-order chi connectivity index (χ1) is 11.0. The van der Waals surface area contributed by atoms with Crippen LogP contribution in [0.25, 0.3) is 0 Å². The van der Waals surface area contributed by atoms with Gasteiger partial charge in [0, 0.05) is 38.0 Å². The van der Waals surface area contributed by atoms with Gasteiger partial charge < -0.3 is 19.3 Å². The number of nitrogens with zero attached hydrogens (tertiary/aromatic N) is 4. The zero-order valence-electron chi connectivity index (χ0n) is 13.6. The van der Waals surface area contributed by atoms with Crippen LogP contribution in [-0.2, 0) is 6.54 Å². The molecule has 8 nitrogen and oxygen atoms in total. The number of carbonyl (C=O) groups is 1. The zero-order valence-corrected chi connectivity index (χ0v) is 13.6. The van der Waals surface area contributed by atoms with Gasteiger partial charge in [-0.1, -0.05) is 10.3 Å². The molecule has 0 spiro atoms. The van der Waals surface area contributed by atoms with Gasteiger partial charge in [-0.2, -0.15) is 4.98 Å². The number of urea groups is 1. The summed E-state index contributed by atoms with van der Waals surface area (Å²) in [5.74, 6) is 2.11. The number of piperidine rings is 1. The smallest absolute Gasteiger partial charge is 0.317 e. The highest BCUT2D eigenvalue weighted by atomic mass is 16.5. The standard InChI is InChI=1S/C15H21N5O3/c1-9-13(10(2)22-18-9)7-16-15(21)20-6-4-5-12(8-20)14-17-11(3)23-19-14/h12H,4-8H2,1-3H3,(H,16,21). The predicted molar refractivity (Wildman–Crippen MR) is 80.8 cm³/mol. The molecule has 23 heavy (non-hydrogen) atoms. The molecule has 1 aliphatic rings. The van der Waals surface area contributed by atoms with E-state index in [1.807, 2.05) is 13.8 Å². The Morgan fingerprint density at radius 3 is 2.78 bits per heavy atom. The van der Waals surface area contributed by atoms with Crippen molar-refractivity contribution in [1.82, 2.24) is 25.5 Å². The number of carbonyl (C=O) groups excluding carboxylic acids is 1. The summed E-state index contributed by atoms with van der Waals surface area (Å²) in [6.45, 7) is 7.24. The first-order valence-corrected chi connectivity index (χ1v) is 7.79. The van der Waals surface area contributed by atoms with Gasteiger partial charge in [0.2, 0.25) is 5.89 Å². The second-order valence-corrected chi connectivity index (χ2v) is 5.92. The van der Waals surface area contributed by atoms with E-state index in [1.165, 1.54) is 0 Å². The Morgan fingerprint density at radius 1 is 1.30 bits per heavy atom. The van der Waals surface area contributed by atoms with Crippen molar-refractivity contribution in [2.24, 2.45) is 0 Å². The summed E-state index contributed by atoms with van der Waals surface area (Å²) in [6.07, 6.45) is 1.89. The van der Waals surface area contributed by atoms with Crippen LogP contribution in [0, 0.1) is 20.8 Å². The zero-order chi connectivity index (χ0) is 16.4. The van der Waals surface area contributed by atoms with Gasteiger partial charge in [0.15, 0.2) is 5.82 Å². The van der Waals surface area contributed by atoms with Crippen LogP contribution in [0.3, 0.4) is 0 Å². The SMILES string of the molecule is Cc1nc(C2CCCN(C(=O)NCc3c(C)noc3C)C2)no1. The molecular formula is C15H21N5O3. The van der Waals surface area contributed by atoms with E-state index in [-0.39, 0.29) is 11.9 Å². The number of aromatic nitrogens is 3. The molecule has 1 fully saturated rings. The van der Waals surface area contributed by atoms with Crippen LogP contribution in [-0.4, -0.2) is 39.3 Å². The Labute approximate surface area is 134 Å². The third kappa shape index (κ3) is 3.35. The number of hydrogen-bond donors (Lipinski definition) is 1. The second-order valence-electron chi connectivity index (χ2n) is 5.92. The minimum Gasteiger partial charge on any atom is -0.361 e. The fraction of sp³-hybridized carbons (Fsp3) is 0.600. The molecule has 1 atom stereocenters. The van der Waals surface area contributed by atoms with Crippen LogP contribution < -0.4 is 5.32 Å². The van der Waals surface area contributed by atoms with Gasteiger partial charge >= 0.3 is 6.03 Å². The molecule has 0 aromatic carbocycles. The second kappa shape index (κ2) is 6.39. The Bertz CT molecular complexity index is 674. The number of nitrogens with one attached hydrogen (secondary N) is 1. The molecule has 0 radical (unpaired) electrons. The molecule has 2 aromatic heterocycles. The molecule has 3 heterocycles. The summed E-state index contributed by atoms with van der Waals surface area (Å²) in [5, 5.41) is 10.8. The molecule has 124 valence electrons. The molecule has 2 aromatic rings. The lowest BCUT2D eigenvalue weighted by atomic mass is 9.98. The summed E-state index contributed by atoms with van der Waals surface area (Å²) >= 11 is 0. The van der Waals surface area contributed by atoms with Crippen molar-refractivity contribution in [2.45, 2.75) is 46.1 Å². The Hall–Kier alpha value is -2.38. The lowest BCUT2D eigenvalue weighted by molar-refractivity contribution is 0.177. The highest BCUT2D eigenvalue weighted by Crippen LogP contribution is 2.24. The monoisotopic (exact) mass is 319 g/mol. The van der Waals surface area contributed by atoms with Gasteiger partial charge in [0.25, 0.3) is 0 Å². The average molecular weight is 319 g/mol. The summed E-state index contributed by atoms with van der Waals surface area (Å²) in [5.41, 5.74) is 1.74. The largest absolute Gasteiger partial charge is 0.361 e. The fourth-order valence-corrected chi connectivity index (χ4v) is 2.88. The molecule has 1 unspecified atom stereocenters. The van der Waals surface area contributed by atoms with E-state index in [0.29, 0.717) is 24.8 Å². The molecule has 1 aliphatic heterocycles. The Kier molecular flexibility index (Phi) is 4.31. The quantitative estimate of drug-likeness (QED) is 0.930. The molecule has 0 saturated carbocycles. The summed E-state index contributed by atoms with van der Waals surface area (Å²) in [4.78, 5) is 18.5. The van der Waals surface area contributed by atoms with Crippen molar-refractivity contribution >= 4 is 6.03 Å². The molecule has 1 saturated heterocycles. The van der Waals surface area contributed by atoms with E-state index >= 15 is 0 Å². The van der Waals surface area contributed by atoms with Gasteiger partial charge in [0.1, 0.15) is 5.76 Å². The average Bonchev–Trinajstić information content (AvgIpc) is 3.12. The topological polar surface area (TPSA) is 97.3 Å². The maximum absolute atomic E-state index is 12.4. The van der Waals surface area contributed by atoms with Crippen molar-refractivity contribution in [1.29, 1.82) is 0 Å². The minimum atomic E-state index is -0.0880. The van der Waals surface area contributed by atoms with Crippen LogP contribution in [0.1, 0.15) is 47.5 Å². The van der Waals surface area contributed by atoms with Gasteiger partial charge in [-0.25, -0.2) is 4.79 Å². The van der Waals surface area contributed by atoms with Crippen LogP contribution >= 0.6 is 0 Å². The van der Waals surface area contributed by atoms with Crippen LogP contribution in [0.2, 0.25) is 0 Å². The molecule has 8 heteroatoms. The molecule has 0 bridgehead atoms. The van der Waals surface area contributed by atoms with Gasteiger partial charge in [-0.05, 0) is 26.7 Å². The molecule has 0 aliphatic carbocycles. The van der Waals surface area contributed by atoms with Crippen LogP contribution in [0.15, 0.2) is 9.05 Å². The summed E-state index contributed by atoms with van der Waals surface area (Å²) in [7, 11) is 0. The fourth-order valence-electron chi connectivity index (χ4n) is 2.88. The van der Waals surface area contributed by atoms with E-state index < -0.39 is 0 Å². The van der Waals surface area contributed by atoms with E-state index in [9.17, 15) is 4.79 Å². The lowest BCUT2D eigenvalue weighted by Gasteiger charge is -2.31. The number of hydrogen-bond acceptors (Lipinski definition) is 6. The van der Waals surface area contributed by atoms with Gasteiger partial charge in [-0.3, -0.25) is 0 Å². The van der Waals surface area contributed by atoms with E-state index in [0.717, 1.165) is 36.4 Å². The molecule has 1 N–H and O–H groups in total. The first-order valence-electron chi connectivity index (χ1n) is 7.79. The highest BCUT2D eigenvalue weighted by Gasteiger charge is 2.27. The van der Waals surface area contributed by atoms with Gasteiger partial charge in [-0.15, -0.1) is 0 Å². The lowest BCUT2D eigenvalue weighted by Crippen LogP contribution is -2.44. The minimum absolute atomic E-state index is 0.0880. The van der Waals surface area contributed by atoms with E-state index in [1.54, 1.807) is 11.8 Å². The van der Waals surface area contributed by atoms with Crippen LogP contribution in [0.4, 0.5) is 4.79 Å². The number of amides is 2. The normalized spacial score (nSPS) is 18.2. The number of likely N-dealkylation sites (tertiary alicyclic amines) is 1.